The third-order valence-corrected chi connectivity index (χ3v) is 4.34. The van der Waals surface area contributed by atoms with E-state index in [0.29, 0.717) is 21.9 Å². The molecule has 0 radical (unpaired) electrons. The van der Waals surface area contributed by atoms with Gasteiger partial charge in [-0.2, -0.15) is 11.8 Å². The van der Waals surface area contributed by atoms with Gasteiger partial charge in [0.05, 0.1) is 24.0 Å². The molecule has 2 unspecified atom stereocenters. The number of aliphatic carboxylic acids is 1. The molecule has 2 atom stereocenters. The van der Waals surface area contributed by atoms with Gasteiger partial charge >= 0.3 is 12.0 Å². The summed E-state index contributed by atoms with van der Waals surface area (Å²) in [6.07, 6.45) is 1.37. The maximum Gasteiger partial charge on any atom is 0.321 e. The van der Waals surface area contributed by atoms with Crippen molar-refractivity contribution in [3.63, 3.8) is 0 Å². The van der Waals surface area contributed by atoms with Gasteiger partial charge in [-0.1, -0.05) is 13.8 Å². The number of nitrogens with one attached hydrogen (secondary N) is 1. The van der Waals surface area contributed by atoms with Crippen LogP contribution in [0.5, 0.6) is 0 Å². The van der Waals surface area contributed by atoms with E-state index in [4.69, 9.17) is 5.11 Å². The van der Waals surface area contributed by atoms with E-state index in [1.165, 1.54) is 6.20 Å². The number of carboxylic acid groups (broad SMARTS) is 1. The van der Waals surface area contributed by atoms with Crippen LogP contribution in [0.4, 0.5) is 10.5 Å². The minimum atomic E-state index is -0.923. The highest BCUT2D eigenvalue weighted by Crippen LogP contribution is 2.25. The van der Waals surface area contributed by atoms with Gasteiger partial charge in [0.25, 0.3) is 0 Å². The maximum absolute atomic E-state index is 12.2. The first-order chi connectivity index (χ1) is 9.94. The molecule has 0 spiro atoms. The van der Waals surface area contributed by atoms with Gasteiger partial charge in [-0.15, -0.1) is 0 Å². The predicted octanol–water partition coefficient (Wildman–Crippen LogP) is 2.07. The fourth-order valence-electron chi connectivity index (χ4n) is 2.30. The number of aromatic nitrogens is 1. The van der Waals surface area contributed by atoms with Crippen LogP contribution in [0.3, 0.4) is 0 Å². The Morgan fingerprint density at radius 2 is 2.05 bits per heavy atom. The number of carbonyl (C=O) groups is 2. The lowest BCUT2D eigenvalue weighted by molar-refractivity contribution is -0.136. The second-order valence-electron chi connectivity index (χ2n) is 5.20. The summed E-state index contributed by atoms with van der Waals surface area (Å²) in [5, 5.41) is 12.3. The van der Waals surface area contributed by atoms with Crippen molar-refractivity contribution in [3.05, 3.63) is 24.0 Å². The molecule has 21 heavy (non-hydrogen) atoms. The van der Waals surface area contributed by atoms with Gasteiger partial charge in [0.15, 0.2) is 0 Å². The molecule has 2 N–H and O–H groups in total. The lowest BCUT2D eigenvalue weighted by atomic mass is 10.2. The van der Waals surface area contributed by atoms with Crippen molar-refractivity contribution in [2.24, 2.45) is 0 Å². The fraction of sp³-hybridized carbons (Fsp3) is 0.500. The molecule has 2 amide bonds. The highest BCUT2D eigenvalue weighted by molar-refractivity contribution is 8.00. The molecule has 1 aromatic heterocycles. The van der Waals surface area contributed by atoms with Crippen molar-refractivity contribution in [3.8, 4) is 0 Å². The average Bonchev–Trinajstić information content (AvgIpc) is 2.39. The molecule has 0 bridgehead atoms. The summed E-state index contributed by atoms with van der Waals surface area (Å²) in [6, 6.07) is 3.15. The molecular weight excluding hydrogens is 290 g/mol. The summed E-state index contributed by atoms with van der Waals surface area (Å²) in [6.45, 7) is 5.68. The molecule has 2 heterocycles. The molecule has 0 aromatic carbocycles. The van der Waals surface area contributed by atoms with E-state index in [1.807, 2.05) is 11.8 Å². The Labute approximate surface area is 127 Å². The van der Waals surface area contributed by atoms with Crippen LogP contribution in [0.2, 0.25) is 0 Å². The van der Waals surface area contributed by atoms with E-state index in [0.717, 1.165) is 13.1 Å². The highest BCUT2D eigenvalue weighted by Gasteiger charge is 2.25. The number of hydrogen-bond donors (Lipinski definition) is 2. The van der Waals surface area contributed by atoms with Crippen molar-refractivity contribution in [2.45, 2.75) is 30.8 Å². The molecule has 1 fully saturated rings. The minimum absolute atomic E-state index is 0.118. The molecule has 2 rings (SSSR count). The van der Waals surface area contributed by atoms with Gasteiger partial charge in [-0.05, 0) is 12.1 Å². The fourth-order valence-corrected chi connectivity index (χ4v) is 3.63. The average molecular weight is 309 g/mol. The molecule has 114 valence electrons. The predicted molar refractivity (Wildman–Crippen MR) is 82.7 cm³/mol. The van der Waals surface area contributed by atoms with E-state index in [2.05, 4.69) is 24.1 Å². The van der Waals surface area contributed by atoms with Crippen LogP contribution >= 0.6 is 11.8 Å². The van der Waals surface area contributed by atoms with Crippen LogP contribution in [-0.2, 0) is 11.2 Å². The second-order valence-corrected chi connectivity index (χ2v) is 7.08. The Morgan fingerprint density at radius 3 is 2.57 bits per heavy atom. The molecule has 1 aliphatic rings. The number of hydrogen-bond acceptors (Lipinski definition) is 4. The number of amides is 2. The van der Waals surface area contributed by atoms with E-state index in [9.17, 15) is 9.59 Å². The van der Waals surface area contributed by atoms with Gasteiger partial charge in [0, 0.05) is 23.6 Å². The number of anilines is 1. The quantitative estimate of drug-likeness (QED) is 0.893. The SMILES string of the molecule is CC1CN(C(=O)Nc2ccc(CC(=O)O)nc2)CC(C)S1. The van der Waals surface area contributed by atoms with E-state index in [-0.39, 0.29) is 12.5 Å². The number of urea groups is 1. The minimum Gasteiger partial charge on any atom is -0.481 e. The van der Waals surface area contributed by atoms with E-state index >= 15 is 0 Å². The smallest absolute Gasteiger partial charge is 0.321 e. The van der Waals surface area contributed by atoms with E-state index < -0.39 is 5.97 Å². The largest absolute Gasteiger partial charge is 0.481 e. The first-order valence-corrected chi connectivity index (χ1v) is 7.76. The number of carboxylic acids is 1. The molecule has 6 nitrogen and oxygen atoms in total. The normalized spacial score (nSPS) is 21.9. The number of pyridine rings is 1. The van der Waals surface area contributed by atoms with Crippen molar-refractivity contribution >= 4 is 29.4 Å². The van der Waals surface area contributed by atoms with Crippen LogP contribution in [-0.4, -0.2) is 50.6 Å². The second kappa shape index (κ2) is 6.80. The summed E-state index contributed by atoms with van der Waals surface area (Å²) < 4.78 is 0. The van der Waals surface area contributed by atoms with Crippen LogP contribution in [0.15, 0.2) is 18.3 Å². The molecule has 0 saturated carbocycles. The first-order valence-electron chi connectivity index (χ1n) is 6.82. The zero-order valence-electron chi connectivity index (χ0n) is 12.1. The topological polar surface area (TPSA) is 82.5 Å². The van der Waals surface area contributed by atoms with Crippen LogP contribution in [0.1, 0.15) is 19.5 Å². The van der Waals surface area contributed by atoms with Crippen molar-refractivity contribution < 1.29 is 14.7 Å². The lowest BCUT2D eigenvalue weighted by Crippen LogP contribution is -2.46. The van der Waals surface area contributed by atoms with Gasteiger partial charge < -0.3 is 15.3 Å². The standard InChI is InChI=1S/C14H19N3O3S/c1-9-7-17(8-10(2)21-9)14(20)16-12-4-3-11(15-6-12)5-13(18)19/h3-4,6,9-10H,5,7-8H2,1-2H3,(H,16,20)(H,18,19). The lowest BCUT2D eigenvalue weighted by Gasteiger charge is -2.34. The van der Waals surface area contributed by atoms with Crippen LogP contribution in [0, 0.1) is 0 Å². The Bertz CT molecular complexity index is 511. The highest BCUT2D eigenvalue weighted by atomic mass is 32.2. The number of thioether (sulfide) groups is 1. The Kier molecular flexibility index (Phi) is 5.06. The molecule has 1 aromatic rings. The maximum atomic E-state index is 12.2. The van der Waals surface area contributed by atoms with Gasteiger partial charge in [-0.3, -0.25) is 9.78 Å². The van der Waals surface area contributed by atoms with Gasteiger partial charge in [-0.25, -0.2) is 4.79 Å². The van der Waals surface area contributed by atoms with E-state index in [1.54, 1.807) is 17.0 Å². The molecule has 1 aliphatic heterocycles. The molecule has 7 heteroatoms. The number of nitrogens with zero attached hydrogens (tertiary/aromatic N) is 2. The summed E-state index contributed by atoms with van der Waals surface area (Å²) in [7, 11) is 0. The van der Waals surface area contributed by atoms with Gasteiger partial charge in [0.2, 0.25) is 0 Å². The summed E-state index contributed by atoms with van der Waals surface area (Å²) >= 11 is 1.89. The number of carbonyl (C=O) groups excluding carboxylic acids is 1. The molecule has 1 saturated heterocycles. The summed E-state index contributed by atoms with van der Waals surface area (Å²) in [4.78, 5) is 28.6. The third kappa shape index (κ3) is 4.63. The number of rotatable bonds is 3. The first kappa shape index (κ1) is 15.6. The Morgan fingerprint density at radius 1 is 1.38 bits per heavy atom. The molecular formula is C14H19N3O3S. The zero-order chi connectivity index (χ0) is 15.4. The van der Waals surface area contributed by atoms with Crippen molar-refractivity contribution in [1.82, 2.24) is 9.88 Å². The van der Waals surface area contributed by atoms with Crippen LogP contribution < -0.4 is 5.32 Å². The summed E-state index contributed by atoms with van der Waals surface area (Å²) in [5.41, 5.74) is 1.05. The van der Waals surface area contributed by atoms with Crippen molar-refractivity contribution in [1.29, 1.82) is 0 Å². The Hall–Kier alpha value is -1.76. The van der Waals surface area contributed by atoms with Crippen molar-refractivity contribution in [2.75, 3.05) is 18.4 Å². The summed E-state index contributed by atoms with van der Waals surface area (Å²) in [5.74, 6) is -0.923. The van der Waals surface area contributed by atoms with Gasteiger partial charge in [0.1, 0.15) is 0 Å². The third-order valence-electron chi connectivity index (χ3n) is 3.12. The molecule has 0 aliphatic carbocycles. The monoisotopic (exact) mass is 309 g/mol. The zero-order valence-corrected chi connectivity index (χ0v) is 12.9. The Balaban J connectivity index is 1.94. The van der Waals surface area contributed by atoms with Crippen LogP contribution in [0.25, 0.3) is 0 Å².